The van der Waals surface area contributed by atoms with Crippen LogP contribution in [-0.4, -0.2) is 32.2 Å². The predicted molar refractivity (Wildman–Crippen MR) is 92.3 cm³/mol. The molecule has 8 heteroatoms. The number of thiocarbonyl (C=S) groups is 1. The number of hydrogen-bond donors (Lipinski definition) is 1. The summed E-state index contributed by atoms with van der Waals surface area (Å²) in [7, 11) is 0. The maximum Gasteiger partial charge on any atom is 0.327 e. The molecule has 22 heavy (non-hydrogen) atoms. The summed E-state index contributed by atoms with van der Waals surface area (Å²) in [6.07, 6.45) is 2.21. The van der Waals surface area contributed by atoms with Gasteiger partial charge in [-0.2, -0.15) is 0 Å². The highest BCUT2D eigenvalue weighted by atomic mass is 79.9. The van der Waals surface area contributed by atoms with Gasteiger partial charge in [-0.25, -0.2) is 4.79 Å². The molecule has 1 fully saturated rings. The number of amides is 1. The highest BCUT2D eigenvalue weighted by Gasteiger charge is 2.42. The van der Waals surface area contributed by atoms with E-state index in [1.807, 2.05) is 6.92 Å². The van der Waals surface area contributed by atoms with Crippen molar-refractivity contribution in [3.63, 3.8) is 0 Å². The number of carbonyl (C=O) groups is 2. The number of aliphatic carboxylic acids is 1. The van der Waals surface area contributed by atoms with Gasteiger partial charge in [0.25, 0.3) is 5.91 Å². The Labute approximate surface area is 145 Å². The van der Waals surface area contributed by atoms with Crippen LogP contribution in [0.3, 0.4) is 0 Å². The largest absolute Gasteiger partial charge is 0.480 e. The lowest BCUT2D eigenvalue weighted by molar-refractivity contribution is -0.147. The minimum absolute atomic E-state index is 0.197. The maximum absolute atomic E-state index is 12.5. The van der Waals surface area contributed by atoms with Crippen molar-refractivity contribution >= 4 is 62.2 Å². The highest BCUT2D eigenvalue weighted by molar-refractivity contribution is 9.10. The van der Waals surface area contributed by atoms with Crippen molar-refractivity contribution in [3.05, 3.63) is 27.5 Å². The summed E-state index contributed by atoms with van der Waals surface area (Å²) in [6, 6.07) is 2.47. The topological polar surface area (TPSA) is 70.8 Å². The van der Waals surface area contributed by atoms with E-state index in [1.54, 1.807) is 25.1 Å². The fourth-order valence-electron chi connectivity index (χ4n) is 2.09. The van der Waals surface area contributed by atoms with E-state index in [1.165, 1.54) is 4.90 Å². The molecule has 1 aliphatic heterocycles. The van der Waals surface area contributed by atoms with Crippen LogP contribution in [0.5, 0.6) is 0 Å². The van der Waals surface area contributed by atoms with Gasteiger partial charge in [-0.1, -0.05) is 44.2 Å². The quantitative estimate of drug-likeness (QED) is 0.596. The van der Waals surface area contributed by atoms with Gasteiger partial charge in [0.2, 0.25) is 0 Å². The van der Waals surface area contributed by atoms with E-state index in [-0.39, 0.29) is 10.2 Å². The Morgan fingerprint density at radius 3 is 2.77 bits per heavy atom. The van der Waals surface area contributed by atoms with Crippen molar-refractivity contribution in [3.8, 4) is 0 Å². The van der Waals surface area contributed by atoms with Crippen LogP contribution in [0.2, 0.25) is 0 Å². The smallest absolute Gasteiger partial charge is 0.327 e. The van der Waals surface area contributed by atoms with Gasteiger partial charge in [0.15, 0.2) is 4.67 Å². The first-order valence-corrected chi connectivity index (χ1v) is 8.62. The van der Waals surface area contributed by atoms with Crippen molar-refractivity contribution in [1.82, 2.24) is 4.90 Å². The van der Waals surface area contributed by atoms with Crippen LogP contribution in [0, 0.1) is 5.92 Å². The Bertz CT molecular complexity index is 655. The van der Waals surface area contributed by atoms with Crippen LogP contribution < -0.4 is 0 Å². The molecule has 0 bridgehead atoms. The van der Waals surface area contributed by atoms with Gasteiger partial charge in [-0.15, -0.1) is 0 Å². The van der Waals surface area contributed by atoms with Crippen LogP contribution in [0.25, 0.3) is 6.08 Å². The van der Waals surface area contributed by atoms with Crippen molar-refractivity contribution < 1.29 is 19.1 Å². The molecule has 5 nitrogen and oxygen atoms in total. The Kier molecular flexibility index (Phi) is 5.46. The average molecular weight is 404 g/mol. The lowest BCUT2D eigenvalue weighted by Crippen LogP contribution is -2.47. The second-order valence-corrected chi connectivity index (χ2v) is 7.32. The zero-order valence-corrected chi connectivity index (χ0v) is 15.1. The van der Waals surface area contributed by atoms with Crippen LogP contribution in [0.1, 0.15) is 26.0 Å². The molecular weight excluding hydrogens is 390 g/mol. The number of carbonyl (C=O) groups excluding carboxylic acids is 1. The molecule has 0 radical (unpaired) electrons. The molecule has 118 valence electrons. The Hall–Kier alpha value is -1.12. The summed E-state index contributed by atoms with van der Waals surface area (Å²) in [6.45, 7) is 3.68. The van der Waals surface area contributed by atoms with E-state index in [2.05, 4.69) is 15.9 Å². The standard InChI is InChI=1S/C14H14BrNO4S2/c1-3-7(2)11(13(18)19)16-12(17)9(22-14(16)21)6-8-4-5-10(15)20-8/h4-7,11H,3H2,1-2H3,(H,18,19)/b9-6+/t7-,11-/m1/s1. The van der Waals surface area contributed by atoms with Gasteiger partial charge >= 0.3 is 5.97 Å². The molecular formula is C14H14BrNO4S2. The first-order chi connectivity index (χ1) is 10.3. The summed E-state index contributed by atoms with van der Waals surface area (Å²) in [5, 5.41) is 9.44. The average Bonchev–Trinajstić information content (AvgIpc) is 2.97. The third kappa shape index (κ3) is 3.44. The molecule has 1 aromatic rings. The van der Waals surface area contributed by atoms with Crippen molar-refractivity contribution in [1.29, 1.82) is 0 Å². The molecule has 1 aromatic heterocycles. The number of rotatable bonds is 5. The molecule has 1 N–H and O–H groups in total. The number of halogens is 1. The minimum atomic E-state index is -1.05. The molecule has 0 unspecified atom stereocenters. The molecule has 0 spiro atoms. The number of hydrogen-bond acceptors (Lipinski definition) is 5. The molecule has 1 saturated heterocycles. The normalized spacial score (nSPS) is 19.8. The second-order valence-electron chi connectivity index (χ2n) is 4.86. The summed E-state index contributed by atoms with van der Waals surface area (Å²) >= 11 is 9.48. The maximum atomic E-state index is 12.5. The molecule has 0 aliphatic carbocycles. The highest BCUT2D eigenvalue weighted by Crippen LogP contribution is 2.36. The Morgan fingerprint density at radius 2 is 2.27 bits per heavy atom. The SMILES string of the molecule is CC[C@@H](C)[C@H](C(=O)O)N1C(=O)/C(=C\c2ccc(Br)o2)SC1=S. The number of thioether (sulfide) groups is 1. The molecule has 0 aromatic carbocycles. The first-order valence-electron chi connectivity index (χ1n) is 6.60. The number of furan rings is 1. The van der Waals surface area contributed by atoms with E-state index in [9.17, 15) is 14.7 Å². The van der Waals surface area contributed by atoms with E-state index in [4.69, 9.17) is 16.6 Å². The first kappa shape index (κ1) is 17.2. The summed E-state index contributed by atoms with van der Waals surface area (Å²) in [4.78, 5) is 25.6. The van der Waals surface area contributed by atoms with E-state index in [0.717, 1.165) is 11.8 Å². The molecule has 2 atom stereocenters. The van der Waals surface area contributed by atoms with Crippen molar-refractivity contribution in [2.45, 2.75) is 26.3 Å². The van der Waals surface area contributed by atoms with Crippen LogP contribution >= 0.6 is 39.9 Å². The molecule has 0 saturated carbocycles. The van der Waals surface area contributed by atoms with Crippen LogP contribution in [0.4, 0.5) is 0 Å². The Balaban J connectivity index is 2.32. The van der Waals surface area contributed by atoms with Gasteiger partial charge < -0.3 is 9.52 Å². The van der Waals surface area contributed by atoms with Crippen molar-refractivity contribution in [2.24, 2.45) is 5.92 Å². The molecule has 1 amide bonds. The number of nitrogens with zero attached hydrogens (tertiary/aromatic N) is 1. The Morgan fingerprint density at radius 1 is 1.59 bits per heavy atom. The summed E-state index contributed by atoms with van der Waals surface area (Å²) in [5.74, 6) is -1.14. The lowest BCUT2D eigenvalue weighted by atomic mass is 9.98. The fourth-order valence-corrected chi connectivity index (χ4v) is 3.71. The number of carboxylic acids is 1. The molecule has 2 heterocycles. The van der Waals surface area contributed by atoms with E-state index >= 15 is 0 Å². The third-order valence-corrected chi connectivity index (χ3v) is 5.16. The van der Waals surface area contributed by atoms with Crippen LogP contribution in [0.15, 0.2) is 26.1 Å². The van der Waals surface area contributed by atoms with Crippen LogP contribution in [-0.2, 0) is 9.59 Å². The van der Waals surface area contributed by atoms with Crippen molar-refractivity contribution in [2.75, 3.05) is 0 Å². The zero-order valence-electron chi connectivity index (χ0n) is 11.9. The van der Waals surface area contributed by atoms with E-state index in [0.29, 0.717) is 21.8 Å². The lowest BCUT2D eigenvalue weighted by Gasteiger charge is -2.27. The second kappa shape index (κ2) is 6.97. The monoisotopic (exact) mass is 403 g/mol. The van der Waals surface area contributed by atoms with E-state index < -0.39 is 17.9 Å². The third-order valence-electron chi connectivity index (χ3n) is 3.41. The van der Waals surface area contributed by atoms with Gasteiger partial charge in [-0.05, 0) is 34.0 Å². The van der Waals surface area contributed by atoms with Gasteiger partial charge in [0.05, 0.1) is 4.91 Å². The predicted octanol–water partition coefficient (Wildman–Crippen LogP) is 3.74. The van der Waals surface area contributed by atoms with Gasteiger partial charge in [-0.3, -0.25) is 9.69 Å². The molecule has 2 rings (SSSR count). The molecule has 1 aliphatic rings. The van der Waals surface area contributed by atoms with Gasteiger partial charge in [0.1, 0.15) is 16.1 Å². The van der Waals surface area contributed by atoms with Gasteiger partial charge in [0, 0.05) is 6.08 Å². The fraction of sp³-hybridized carbons (Fsp3) is 0.357. The zero-order chi connectivity index (χ0) is 16.4. The summed E-state index contributed by atoms with van der Waals surface area (Å²) in [5.41, 5.74) is 0. The minimum Gasteiger partial charge on any atom is -0.480 e. The summed E-state index contributed by atoms with van der Waals surface area (Å²) < 4.78 is 6.15. The number of carboxylic acid groups (broad SMARTS) is 1.